The Labute approximate surface area is 128 Å². The number of alkyl halides is 1. The highest BCUT2D eigenvalue weighted by molar-refractivity contribution is 9.09. The van der Waals surface area contributed by atoms with Gasteiger partial charge in [0, 0.05) is 17.8 Å². The first-order valence-electron chi connectivity index (χ1n) is 8.06. The highest BCUT2D eigenvalue weighted by atomic mass is 79.9. The van der Waals surface area contributed by atoms with Gasteiger partial charge in [-0.15, -0.1) is 0 Å². The standard InChI is InChI=1S/C16H32BrNO/c1-4-7-8-9-10-11-12-16(19)18-13-15(17)14(5-2)6-3/h14-15H,4-13H2,1-3H3,(H,18,19). The fourth-order valence-corrected chi connectivity index (χ4v) is 3.24. The fraction of sp³-hybridized carbons (Fsp3) is 0.938. The van der Waals surface area contributed by atoms with Crippen LogP contribution < -0.4 is 5.32 Å². The smallest absolute Gasteiger partial charge is 0.220 e. The molecule has 0 spiro atoms. The van der Waals surface area contributed by atoms with E-state index in [9.17, 15) is 4.79 Å². The molecule has 0 aliphatic heterocycles. The number of halogens is 1. The molecule has 114 valence electrons. The van der Waals surface area contributed by atoms with Crippen LogP contribution in [0.4, 0.5) is 0 Å². The molecular weight excluding hydrogens is 302 g/mol. The number of carbonyl (C=O) groups is 1. The van der Waals surface area contributed by atoms with Crippen LogP contribution in [0.15, 0.2) is 0 Å². The molecule has 19 heavy (non-hydrogen) atoms. The SMILES string of the molecule is CCCCCCCCC(=O)NCC(Br)C(CC)CC. The zero-order valence-electron chi connectivity index (χ0n) is 13.0. The average Bonchev–Trinajstić information content (AvgIpc) is 2.41. The molecule has 0 saturated heterocycles. The topological polar surface area (TPSA) is 29.1 Å². The van der Waals surface area contributed by atoms with Crippen LogP contribution in [0.3, 0.4) is 0 Å². The van der Waals surface area contributed by atoms with Crippen molar-refractivity contribution in [1.29, 1.82) is 0 Å². The van der Waals surface area contributed by atoms with E-state index in [0.717, 1.165) is 13.0 Å². The van der Waals surface area contributed by atoms with Crippen LogP contribution in [0.2, 0.25) is 0 Å². The largest absolute Gasteiger partial charge is 0.355 e. The molecule has 0 rings (SSSR count). The minimum atomic E-state index is 0.214. The Bertz CT molecular complexity index is 217. The second kappa shape index (κ2) is 13.0. The lowest BCUT2D eigenvalue weighted by molar-refractivity contribution is -0.121. The molecule has 1 unspecified atom stereocenters. The van der Waals surface area contributed by atoms with Gasteiger partial charge in [-0.05, 0) is 12.3 Å². The van der Waals surface area contributed by atoms with E-state index < -0.39 is 0 Å². The van der Waals surface area contributed by atoms with Crippen molar-refractivity contribution in [2.24, 2.45) is 5.92 Å². The minimum Gasteiger partial charge on any atom is -0.355 e. The van der Waals surface area contributed by atoms with Gasteiger partial charge in [0.05, 0.1) is 0 Å². The van der Waals surface area contributed by atoms with Crippen molar-refractivity contribution in [3.8, 4) is 0 Å². The van der Waals surface area contributed by atoms with Crippen molar-refractivity contribution in [2.75, 3.05) is 6.54 Å². The summed E-state index contributed by atoms with van der Waals surface area (Å²) in [4.78, 5) is 12.1. The van der Waals surface area contributed by atoms with Crippen LogP contribution in [0, 0.1) is 5.92 Å². The molecule has 0 bridgehead atoms. The molecule has 0 saturated carbocycles. The van der Waals surface area contributed by atoms with Gasteiger partial charge in [-0.1, -0.05) is 81.6 Å². The lowest BCUT2D eigenvalue weighted by Crippen LogP contribution is -2.32. The summed E-state index contributed by atoms with van der Waals surface area (Å²) in [5.74, 6) is 0.875. The minimum absolute atomic E-state index is 0.214. The van der Waals surface area contributed by atoms with Crippen molar-refractivity contribution >= 4 is 21.8 Å². The maximum absolute atomic E-state index is 11.7. The van der Waals surface area contributed by atoms with Gasteiger partial charge < -0.3 is 5.32 Å². The molecule has 0 aliphatic rings. The van der Waals surface area contributed by atoms with Crippen LogP contribution in [-0.2, 0) is 4.79 Å². The summed E-state index contributed by atoms with van der Waals surface area (Å²) in [7, 11) is 0. The third-order valence-corrected chi connectivity index (χ3v) is 4.88. The molecule has 0 aromatic carbocycles. The first-order valence-corrected chi connectivity index (χ1v) is 8.97. The Hall–Kier alpha value is -0.0500. The van der Waals surface area contributed by atoms with Gasteiger partial charge in [-0.3, -0.25) is 4.79 Å². The molecule has 0 fully saturated rings. The first kappa shape index (κ1) is 18.9. The third kappa shape index (κ3) is 10.4. The number of unbranched alkanes of at least 4 members (excludes halogenated alkanes) is 5. The van der Waals surface area contributed by atoms with Crippen molar-refractivity contribution < 1.29 is 4.79 Å². The van der Waals surface area contributed by atoms with Crippen molar-refractivity contribution in [1.82, 2.24) is 5.32 Å². The third-order valence-electron chi connectivity index (χ3n) is 3.81. The number of hydrogen-bond donors (Lipinski definition) is 1. The van der Waals surface area contributed by atoms with Crippen molar-refractivity contribution in [3.63, 3.8) is 0 Å². The number of carbonyl (C=O) groups excluding carboxylic acids is 1. The van der Waals surface area contributed by atoms with Crippen LogP contribution in [0.5, 0.6) is 0 Å². The highest BCUT2D eigenvalue weighted by Crippen LogP contribution is 2.19. The monoisotopic (exact) mass is 333 g/mol. The Kier molecular flexibility index (Phi) is 12.9. The van der Waals surface area contributed by atoms with Gasteiger partial charge in [-0.25, -0.2) is 0 Å². The van der Waals surface area contributed by atoms with Crippen LogP contribution in [0.1, 0.15) is 78.6 Å². The summed E-state index contributed by atoms with van der Waals surface area (Å²) in [5, 5.41) is 3.05. The lowest BCUT2D eigenvalue weighted by atomic mass is 9.99. The average molecular weight is 334 g/mol. The Balaban J connectivity index is 3.53. The molecule has 0 heterocycles. The zero-order valence-corrected chi connectivity index (χ0v) is 14.6. The van der Waals surface area contributed by atoms with E-state index >= 15 is 0 Å². The molecule has 0 radical (unpaired) electrons. The number of amides is 1. The highest BCUT2D eigenvalue weighted by Gasteiger charge is 2.15. The Morgan fingerprint density at radius 3 is 2.16 bits per heavy atom. The summed E-state index contributed by atoms with van der Waals surface area (Å²) in [5.41, 5.74) is 0. The van der Waals surface area contributed by atoms with E-state index in [2.05, 4.69) is 42.0 Å². The van der Waals surface area contributed by atoms with Gasteiger partial charge in [0.2, 0.25) is 5.91 Å². The maximum atomic E-state index is 11.7. The summed E-state index contributed by atoms with van der Waals surface area (Å²) in [6, 6.07) is 0. The van der Waals surface area contributed by atoms with Crippen molar-refractivity contribution in [2.45, 2.75) is 83.4 Å². The number of nitrogens with one attached hydrogen (secondary N) is 1. The molecule has 3 heteroatoms. The summed E-state index contributed by atoms with van der Waals surface area (Å²) in [6.07, 6.45) is 10.4. The van der Waals surface area contributed by atoms with E-state index in [4.69, 9.17) is 0 Å². The summed E-state index contributed by atoms with van der Waals surface area (Å²) < 4.78 is 0. The zero-order chi connectivity index (χ0) is 14.5. The molecule has 1 amide bonds. The van der Waals surface area contributed by atoms with Gasteiger partial charge in [0.1, 0.15) is 0 Å². The molecule has 2 nitrogen and oxygen atoms in total. The molecule has 0 aromatic rings. The predicted molar refractivity (Wildman–Crippen MR) is 87.8 cm³/mol. The van der Waals surface area contributed by atoms with Crippen LogP contribution >= 0.6 is 15.9 Å². The molecule has 1 atom stereocenters. The summed E-state index contributed by atoms with van der Waals surface area (Å²) >= 11 is 3.69. The first-order chi connectivity index (χ1) is 9.15. The van der Waals surface area contributed by atoms with Gasteiger partial charge in [0.25, 0.3) is 0 Å². The van der Waals surface area contributed by atoms with Gasteiger partial charge >= 0.3 is 0 Å². The second-order valence-electron chi connectivity index (χ2n) is 5.41. The molecule has 1 N–H and O–H groups in total. The normalized spacial score (nSPS) is 12.7. The van der Waals surface area contributed by atoms with E-state index in [0.29, 0.717) is 17.2 Å². The second-order valence-corrected chi connectivity index (χ2v) is 6.59. The van der Waals surface area contributed by atoms with Crippen LogP contribution in [-0.4, -0.2) is 17.3 Å². The maximum Gasteiger partial charge on any atom is 0.220 e. The Morgan fingerprint density at radius 2 is 1.58 bits per heavy atom. The Morgan fingerprint density at radius 1 is 1.00 bits per heavy atom. The van der Waals surface area contributed by atoms with Crippen LogP contribution in [0.25, 0.3) is 0 Å². The number of rotatable bonds is 12. The van der Waals surface area contributed by atoms with E-state index in [1.54, 1.807) is 0 Å². The molecule has 0 aliphatic carbocycles. The van der Waals surface area contributed by atoms with Gasteiger partial charge in [0.15, 0.2) is 0 Å². The summed E-state index contributed by atoms with van der Waals surface area (Å²) in [6.45, 7) is 7.41. The fourth-order valence-electron chi connectivity index (χ4n) is 2.33. The lowest BCUT2D eigenvalue weighted by Gasteiger charge is -2.19. The molecule has 0 aromatic heterocycles. The van der Waals surface area contributed by atoms with E-state index in [1.807, 2.05) is 0 Å². The van der Waals surface area contributed by atoms with Crippen molar-refractivity contribution in [3.05, 3.63) is 0 Å². The quantitative estimate of drug-likeness (QED) is 0.392. The van der Waals surface area contributed by atoms with Gasteiger partial charge in [-0.2, -0.15) is 0 Å². The van der Waals surface area contributed by atoms with E-state index in [1.165, 1.54) is 44.9 Å². The molecular formula is C16H32BrNO. The predicted octanol–water partition coefficient (Wildman–Crippen LogP) is 5.05. The van der Waals surface area contributed by atoms with E-state index in [-0.39, 0.29) is 5.91 Å². The number of hydrogen-bond acceptors (Lipinski definition) is 1.